The lowest BCUT2D eigenvalue weighted by molar-refractivity contribution is -0.148. The van der Waals surface area contributed by atoms with E-state index in [2.05, 4.69) is 0 Å². The van der Waals surface area contributed by atoms with Crippen molar-refractivity contribution in [1.29, 1.82) is 0 Å². The summed E-state index contributed by atoms with van der Waals surface area (Å²) in [5.41, 5.74) is 0.820. The molecule has 2 atom stereocenters. The van der Waals surface area contributed by atoms with Crippen LogP contribution >= 0.6 is 7.60 Å². The minimum absolute atomic E-state index is 0.217. The second kappa shape index (κ2) is 10.1. The van der Waals surface area contributed by atoms with Crippen LogP contribution in [-0.2, 0) is 23.1 Å². The smallest absolute Gasteiger partial charge is 0.370 e. The third-order valence-corrected chi connectivity index (χ3v) is 6.91. The molecule has 0 fully saturated rings. The van der Waals surface area contributed by atoms with Crippen LogP contribution in [0, 0.1) is 0 Å². The molecule has 2 rings (SSSR count). The van der Waals surface area contributed by atoms with Gasteiger partial charge in [-0.25, -0.2) is 0 Å². The topological polar surface area (TPSA) is 71.1 Å². The summed E-state index contributed by atoms with van der Waals surface area (Å²) in [6.07, 6.45) is 0.341. The van der Waals surface area contributed by atoms with E-state index in [0.29, 0.717) is 6.42 Å². The van der Waals surface area contributed by atoms with Crippen LogP contribution < -0.4 is 4.74 Å². The van der Waals surface area contributed by atoms with Crippen LogP contribution in [0.15, 0.2) is 36.4 Å². The molecule has 0 radical (unpaired) electrons. The number of ether oxygens (including phenoxy) is 2. The molecule has 0 spiro atoms. The summed E-state index contributed by atoms with van der Waals surface area (Å²) in [4.78, 5) is 12.7. The first-order chi connectivity index (χ1) is 13.4. The maximum atomic E-state index is 12.9. The number of esters is 1. The summed E-state index contributed by atoms with van der Waals surface area (Å²) in [7, 11) is -1.89. The molecule has 7 heteroatoms. The molecule has 0 bridgehead atoms. The highest BCUT2D eigenvalue weighted by atomic mass is 31.2. The minimum atomic E-state index is -3.52. The van der Waals surface area contributed by atoms with Crippen molar-refractivity contribution in [2.45, 2.75) is 45.9 Å². The Morgan fingerprint density at radius 3 is 2.18 bits per heavy atom. The zero-order valence-corrected chi connectivity index (χ0v) is 18.0. The van der Waals surface area contributed by atoms with Crippen LogP contribution in [0.25, 0.3) is 10.8 Å². The van der Waals surface area contributed by atoms with Gasteiger partial charge >= 0.3 is 13.6 Å². The highest BCUT2D eigenvalue weighted by Gasteiger charge is 2.38. The predicted molar refractivity (Wildman–Crippen MR) is 110 cm³/mol. The van der Waals surface area contributed by atoms with Crippen LogP contribution in [0.5, 0.6) is 5.75 Å². The molecule has 6 nitrogen and oxygen atoms in total. The number of methoxy groups -OCH3 is 1. The first-order valence-corrected chi connectivity index (χ1v) is 11.2. The lowest BCUT2D eigenvalue weighted by Gasteiger charge is -2.26. The highest BCUT2D eigenvalue weighted by molar-refractivity contribution is 7.54. The van der Waals surface area contributed by atoms with Crippen molar-refractivity contribution in [1.82, 2.24) is 0 Å². The van der Waals surface area contributed by atoms with Crippen molar-refractivity contribution in [3.05, 3.63) is 42.0 Å². The predicted octanol–water partition coefficient (Wildman–Crippen LogP) is 5.50. The van der Waals surface area contributed by atoms with Crippen molar-refractivity contribution >= 4 is 24.3 Å². The second-order valence-corrected chi connectivity index (χ2v) is 8.54. The highest BCUT2D eigenvalue weighted by Crippen LogP contribution is 2.54. The summed E-state index contributed by atoms with van der Waals surface area (Å²) in [5.74, 6) is -1.12. The summed E-state index contributed by atoms with van der Waals surface area (Å²) in [6, 6.07) is 11.5. The Balaban J connectivity index is 2.20. The number of hydrogen-bond donors (Lipinski definition) is 0. The molecule has 0 aliphatic heterocycles. The fourth-order valence-corrected chi connectivity index (χ4v) is 4.75. The normalized spacial score (nSPS) is 13.9. The van der Waals surface area contributed by atoms with Gasteiger partial charge in [-0.15, -0.1) is 0 Å². The Morgan fingerprint density at radius 2 is 1.61 bits per heavy atom. The number of hydrogen-bond acceptors (Lipinski definition) is 6. The fourth-order valence-electron chi connectivity index (χ4n) is 2.95. The van der Waals surface area contributed by atoms with Crippen LogP contribution in [0.2, 0.25) is 0 Å². The Bertz CT molecular complexity index is 840. The number of fused-ring (bicyclic) bond motifs is 1. The summed E-state index contributed by atoms with van der Waals surface area (Å²) in [5, 5.41) is 2.02. The number of carbonyl (C=O) groups is 1. The van der Waals surface area contributed by atoms with Crippen molar-refractivity contribution < 1.29 is 27.9 Å². The summed E-state index contributed by atoms with van der Waals surface area (Å²) < 4.78 is 34.4. The Labute approximate surface area is 166 Å². The molecule has 0 saturated heterocycles. The molecule has 154 valence electrons. The van der Waals surface area contributed by atoms with Gasteiger partial charge in [-0.2, -0.15) is 0 Å². The third kappa shape index (κ3) is 5.13. The third-order valence-electron chi connectivity index (χ3n) is 4.50. The molecule has 0 N–H and O–H groups in total. The summed E-state index contributed by atoms with van der Waals surface area (Å²) >= 11 is 0. The van der Waals surface area contributed by atoms with Crippen molar-refractivity contribution in [3.63, 3.8) is 0 Å². The van der Waals surface area contributed by atoms with Gasteiger partial charge in [0.25, 0.3) is 0 Å². The van der Waals surface area contributed by atoms with Gasteiger partial charge in [-0.05, 0) is 55.7 Å². The van der Waals surface area contributed by atoms with Gasteiger partial charge in [-0.1, -0.05) is 31.2 Å². The lowest BCUT2D eigenvalue weighted by Crippen LogP contribution is -2.23. The van der Waals surface area contributed by atoms with Crippen molar-refractivity contribution in [2.24, 2.45) is 0 Å². The summed E-state index contributed by atoms with van der Waals surface area (Å²) in [6.45, 7) is 7.45. The molecule has 2 aromatic carbocycles. The van der Waals surface area contributed by atoms with Gasteiger partial charge in [0.2, 0.25) is 5.85 Å². The quantitative estimate of drug-likeness (QED) is 0.382. The van der Waals surface area contributed by atoms with E-state index in [1.807, 2.05) is 36.4 Å². The molecule has 0 aliphatic carbocycles. The van der Waals surface area contributed by atoms with E-state index >= 15 is 0 Å². The minimum Gasteiger partial charge on any atom is -0.497 e. The molecular formula is C21H29O6P. The molecule has 0 aromatic heterocycles. The maximum Gasteiger partial charge on any atom is 0.370 e. The molecule has 0 saturated carbocycles. The van der Waals surface area contributed by atoms with Crippen LogP contribution in [0.3, 0.4) is 0 Å². The van der Waals surface area contributed by atoms with Crippen molar-refractivity contribution in [2.75, 3.05) is 20.3 Å². The molecule has 0 heterocycles. The van der Waals surface area contributed by atoms with E-state index in [1.165, 1.54) is 0 Å². The van der Waals surface area contributed by atoms with E-state index in [-0.39, 0.29) is 13.2 Å². The fraction of sp³-hybridized carbons (Fsp3) is 0.476. The van der Waals surface area contributed by atoms with Gasteiger partial charge < -0.3 is 18.5 Å². The first kappa shape index (κ1) is 22.4. The number of carbonyl (C=O) groups excluding carboxylic acids is 1. The molecule has 2 aromatic rings. The monoisotopic (exact) mass is 408 g/mol. The molecule has 0 unspecified atom stereocenters. The zero-order chi connectivity index (χ0) is 20.7. The van der Waals surface area contributed by atoms with E-state index in [0.717, 1.165) is 22.1 Å². The number of benzene rings is 2. The molecule has 0 amide bonds. The maximum absolute atomic E-state index is 12.9. The SMILES string of the molecule is CCOP(=O)(OCC)[C@@H](CC)OC(=O)[C@H](C)c1ccc2cc(OC)ccc2c1. The average molecular weight is 408 g/mol. The van der Waals surface area contributed by atoms with Crippen LogP contribution in [0.1, 0.15) is 45.6 Å². The Kier molecular flexibility index (Phi) is 8.05. The van der Waals surface area contributed by atoms with Gasteiger partial charge in [0.1, 0.15) is 5.75 Å². The standard InChI is InChI=1S/C21H29O6P/c1-6-20(28(23,25-7-2)26-8-3)27-21(22)15(4)16-9-10-18-14-19(24-5)12-11-17(18)13-16/h9-15,20H,6-8H2,1-5H3/t15-,20+/m1/s1. The second-order valence-electron chi connectivity index (χ2n) is 6.37. The van der Waals surface area contributed by atoms with E-state index in [9.17, 15) is 9.36 Å². The molecule has 0 aliphatic rings. The van der Waals surface area contributed by atoms with E-state index < -0.39 is 25.3 Å². The van der Waals surface area contributed by atoms with Gasteiger partial charge in [0, 0.05) is 0 Å². The Morgan fingerprint density at radius 1 is 1.00 bits per heavy atom. The average Bonchev–Trinajstić information content (AvgIpc) is 2.70. The Hall–Kier alpha value is -1.88. The first-order valence-electron chi connectivity index (χ1n) is 9.55. The van der Waals surface area contributed by atoms with E-state index in [4.69, 9.17) is 18.5 Å². The van der Waals surface area contributed by atoms with Crippen molar-refractivity contribution in [3.8, 4) is 5.75 Å². The van der Waals surface area contributed by atoms with Crippen LogP contribution in [-0.4, -0.2) is 32.1 Å². The van der Waals surface area contributed by atoms with Gasteiger partial charge in [0.15, 0.2) is 0 Å². The van der Waals surface area contributed by atoms with Crippen LogP contribution in [0.4, 0.5) is 0 Å². The zero-order valence-electron chi connectivity index (χ0n) is 17.1. The van der Waals surface area contributed by atoms with Gasteiger partial charge in [-0.3, -0.25) is 9.36 Å². The largest absolute Gasteiger partial charge is 0.497 e. The van der Waals surface area contributed by atoms with Gasteiger partial charge in [0.05, 0.1) is 26.2 Å². The lowest BCUT2D eigenvalue weighted by atomic mass is 9.98. The molecular weight excluding hydrogens is 379 g/mol. The number of rotatable bonds is 10. The van der Waals surface area contributed by atoms with E-state index in [1.54, 1.807) is 34.8 Å². The molecule has 28 heavy (non-hydrogen) atoms.